The number of hydrogen-bond acceptors (Lipinski definition) is 7. The highest BCUT2D eigenvalue weighted by atomic mass is 35.5. The molecule has 8 aromatic rings. The zero-order chi connectivity index (χ0) is 53.5. The first-order chi connectivity index (χ1) is 34.7. The highest BCUT2D eigenvalue weighted by molar-refractivity contribution is 6.31. The van der Waals surface area contributed by atoms with Crippen molar-refractivity contribution in [2.24, 2.45) is 0 Å². The quantitative estimate of drug-likeness (QED) is 0.0946. The lowest BCUT2D eigenvalue weighted by Gasteiger charge is -2.10. The van der Waals surface area contributed by atoms with E-state index in [1.807, 2.05) is 116 Å². The molecule has 0 unspecified atom stereocenters. The van der Waals surface area contributed by atoms with Crippen LogP contribution in [0.1, 0.15) is 160 Å². The van der Waals surface area contributed by atoms with Crippen LogP contribution in [0.3, 0.4) is 0 Å². The van der Waals surface area contributed by atoms with Crippen molar-refractivity contribution in [2.75, 3.05) is 6.61 Å². The summed E-state index contributed by atoms with van der Waals surface area (Å²) in [7, 11) is 0. The number of ether oxygens (including phenoxy) is 3. The van der Waals surface area contributed by atoms with Gasteiger partial charge < -0.3 is 18.6 Å². The third-order valence-corrected chi connectivity index (χ3v) is 11.6. The number of hydrogen-bond donors (Lipinski definition) is 0. The SMILES string of the molecule is CC(C)c1cc2cc(Cl)ccc2o1.CC(C)c1ccc(OC(F)(F)F)cc1.CC(C)c1ccc(OCc2ccc(Cl)cc2)nc1.CC(C)n1cc2ccccc2n1.CCCCCCOc1ccc(C(C)C)nc1. The predicted octanol–water partition coefficient (Wildman–Crippen LogP) is 19.1. The molecule has 392 valence electrons. The lowest BCUT2D eigenvalue weighted by molar-refractivity contribution is -0.274. The molecule has 0 spiro atoms. The maximum Gasteiger partial charge on any atom is 0.573 e. The van der Waals surface area contributed by atoms with Crippen LogP contribution in [0.5, 0.6) is 17.4 Å². The highest BCUT2D eigenvalue weighted by Crippen LogP contribution is 2.28. The molecule has 0 saturated carbocycles. The van der Waals surface area contributed by atoms with Crippen LogP contribution in [0.4, 0.5) is 13.2 Å². The van der Waals surface area contributed by atoms with Crippen LogP contribution in [0.25, 0.3) is 21.9 Å². The van der Waals surface area contributed by atoms with Gasteiger partial charge in [-0.25, -0.2) is 4.98 Å². The first kappa shape index (κ1) is 59.5. The minimum absolute atomic E-state index is 0.179. The predicted molar refractivity (Wildman–Crippen MR) is 295 cm³/mol. The number of aromatic nitrogens is 4. The Hall–Kier alpha value is -6.04. The van der Waals surface area contributed by atoms with Gasteiger partial charge in [-0.3, -0.25) is 9.67 Å². The Morgan fingerprint density at radius 3 is 1.82 bits per heavy atom. The summed E-state index contributed by atoms with van der Waals surface area (Å²) in [6, 6.07) is 37.9. The molecule has 0 radical (unpaired) electrons. The Morgan fingerprint density at radius 2 is 1.26 bits per heavy atom. The number of fused-ring (bicyclic) bond motifs is 2. The minimum atomic E-state index is -4.61. The number of rotatable bonds is 15. The molecule has 0 aliphatic heterocycles. The second-order valence-electron chi connectivity index (χ2n) is 19.0. The van der Waals surface area contributed by atoms with Crippen molar-refractivity contribution in [2.45, 2.75) is 145 Å². The Labute approximate surface area is 441 Å². The number of pyridine rings is 2. The molecule has 13 heteroatoms. The smallest absolute Gasteiger partial charge is 0.492 e. The van der Waals surface area contributed by atoms with Crippen molar-refractivity contribution in [3.05, 3.63) is 178 Å². The van der Waals surface area contributed by atoms with Gasteiger partial charge in [-0.1, -0.05) is 153 Å². The Morgan fingerprint density at radius 1 is 0.603 bits per heavy atom. The number of nitrogens with zero attached hydrogens (tertiary/aromatic N) is 4. The number of furan rings is 1. The van der Waals surface area contributed by atoms with Crippen molar-refractivity contribution >= 4 is 45.1 Å². The molecule has 8 rings (SSSR count). The lowest BCUT2D eigenvalue weighted by Crippen LogP contribution is -2.17. The summed E-state index contributed by atoms with van der Waals surface area (Å²) in [6.07, 6.45) is 6.13. The van der Waals surface area contributed by atoms with Gasteiger partial charge in [-0.15, -0.1) is 13.2 Å². The number of alkyl halides is 3. The van der Waals surface area contributed by atoms with E-state index >= 15 is 0 Å². The lowest BCUT2D eigenvalue weighted by atomic mass is 10.0. The first-order valence-electron chi connectivity index (χ1n) is 25.1. The Bertz CT molecular complexity index is 2740. The molecule has 4 aromatic carbocycles. The summed E-state index contributed by atoms with van der Waals surface area (Å²) in [5.41, 5.74) is 6.39. The number of unbranched alkanes of at least 4 members (excludes halogenated alkanes) is 3. The van der Waals surface area contributed by atoms with Gasteiger partial charge in [-0.05, 0) is 121 Å². The Balaban J connectivity index is 0.000000199. The van der Waals surface area contributed by atoms with Gasteiger partial charge in [0.2, 0.25) is 5.88 Å². The molecule has 0 atom stereocenters. The zero-order valence-electron chi connectivity index (χ0n) is 44.2. The van der Waals surface area contributed by atoms with Crippen molar-refractivity contribution in [1.29, 1.82) is 0 Å². The molecule has 8 nitrogen and oxygen atoms in total. The van der Waals surface area contributed by atoms with Crippen LogP contribution in [0, 0.1) is 0 Å². The van der Waals surface area contributed by atoms with E-state index in [9.17, 15) is 13.2 Å². The molecular formula is C60H73Cl2F3N4O4. The van der Waals surface area contributed by atoms with Crippen molar-refractivity contribution in [3.63, 3.8) is 0 Å². The molecule has 4 heterocycles. The Kier molecular flexibility index (Phi) is 24.6. The van der Waals surface area contributed by atoms with Gasteiger partial charge in [-0.2, -0.15) is 5.10 Å². The number of benzene rings is 4. The fourth-order valence-electron chi connectivity index (χ4n) is 6.72. The van der Waals surface area contributed by atoms with Crippen molar-refractivity contribution in [1.82, 2.24) is 19.7 Å². The topological polar surface area (TPSA) is 84.4 Å². The molecule has 0 N–H and O–H groups in total. The molecule has 0 aliphatic rings. The summed E-state index contributed by atoms with van der Waals surface area (Å²) in [5, 5.41) is 8.21. The van der Waals surface area contributed by atoms with Gasteiger partial charge >= 0.3 is 6.36 Å². The van der Waals surface area contributed by atoms with Gasteiger partial charge in [0, 0.05) is 56.9 Å². The van der Waals surface area contributed by atoms with Crippen molar-refractivity contribution < 1.29 is 31.8 Å². The normalized spacial score (nSPS) is 11.1. The molecule has 0 aliphatic carbocycles. The van der Waals surface area contributed by atoms with E-state index < -0.39 is 6.36 Å². The first-order valence-corrected chi connectivity index (χ1v) is 25.9. The van der Waals surface area contributed by atoms with E-state index in [0.717, 1.165) is 67.9 Å². The van der Waals surface area contributed by atoms with Gasteiger partial charge in [0.25, 0.3) is 0 Å². The monoisotopic (exact) mass is 1040 g/mol. The van der Waals surface area contributed by atoms with Gasteiger partial charge in [0.15, 0.2) is 0 Å². The second-order valence-corrected chi connectivity index (χ2v) is 19.9. The van der Waals surface area contributed by atoms with Gasteiger partial charge in [0.1, 0.15) is 29.4 Å². The summed E-state index contributed by atoms with van der Waals surface area (Å²) in [4.78, 5) is 8.65. The van der Waals surface area contributed by atoms with E-state index in [4.69, 9.17) is 37.1 Å². The minimum Gasteiger partial charge on any atom is -0.492 e. The molecule has 0 fully saturated rings. The zero-order valence-corrected chi connectivity index (χ0v) is 45.7. The largest absolute Gasteiger partial charge is 0.573 e. The third kappa shape index (κ3) is 21.9. The van der Waals surface area contributed by atoms with E-state index in [0.29, 0.717) is 42.2 Å². The summed E-state index contributed by atoms with van der Waals surface area (Å²) in [5.74, 6) is 4.07. The average molecular weight is 1040 g/mol. The maximum absolute atomic E-state index is 11.8. The summed E-state index contributed by atoms with van der Waals surface area (Å²) >= 11 is 11.7. The fourth-order valence-corrected chi connectivity index (χ4v) is 7.02. The summed E-state index contributed by atoms with van der Waals surface area (Å²) in [6.45, 7) is 24.5. The third-order valence-electron chi connectivity index (χ3n) is 11.2. The molecule has 0 saturated heterocycles. The molecule has 0 bridgehead atoms. The van der Waals surface area contributed by atoms with E-state index in [2.05, 4.69) is 100 Å². The molecule has 73 heavy (non-hydrogen) atoms. The highest BCUT2D eigenvalue weighted by Gasteiger charge is 2.31. The van der Waals surface area contributed by atoms with Crippen LogP contribution >= 0.6 is 23.2 Å². The van der Waals surface area contributed by atoms with Crippen molar-refractivity contribution in [3.8, 4) is 17.4 Å². The summed E-state index contributed by atoms with van der Waals surface area (Å²) < 4.78 is 57.9. The second kappa shape index (κ2) is 30.2. The molecule has 0 amide bonds. The van der Waals surface area contributed by atoms with E-state index in [1.165, 1.54) is 42.3 Å². The van der Waals surface area contributed by atoms with Crippen LogP contribution < -0.4 is 14.2 Å². The van der Waals surface area contributed by atoms with Crippen LogP contribution in [0.15, 0.2) is 144 Å². The average Bonchev–Trinajstić information content (AvgIpc) is 4.00. The van der Waals surface area contributed by atoms with Gasteiger partial charge in [0.05, 0.1) is 18.3 Å². The van der Waals surface area contributed by atoms with Crippen LogP contribution in [-0.4, -0.2) is 32.7 Å². The maximum atomic E-state index is 11.8. The number of halogens is 5. The van der Waals surface area contributed by atoms with E-state index in [-0.39, 0.29) is 5.75 Å². The van der Waals surface area contributed by atoms with Crippen LogP contribution in [-0.2, 0) is 6.61 Å². The molecule has 4 aromatic heterocycles. The van der Waals surface area contributed by atoms with E-state index in [1.54, 1.807) is 12.1 Å². The fraction of sp³-hybridized carbons (Fsp3) is 0.383. The standard InChI is InChI=1S/C15H16ClNO.C14H23NO.C11H11ClO.C10H11F3O.C10H12N2/c1-11(2)13-5-8-15(17-9-13)18-10-12-3-6-14(16)7-4-12;1-4-5-6-7-10-16-13-8-9-14(12(2)3)15-11-13;1-7(2)11-6-8-5-9(12)3-4-10(8)13-11;1-7(2)8-3-5-9(6-4-8)14-10(11,12)13;1-8(2)12-7-9-5-3-4-6-10(9)11-12/h3-9,11H,10H2,1-2H3;8-9,11-12H,4-7,10H2,1-3H3;3-7H,1-2H3;3-7H,1-2H3;3-8H,1-2H3. The van der Waals surface area contributed by atoms with Crippen LogP contribution in [0.2, 0.25) is 10.0 Å². The molecular weight excluding hydrogens is 969 g/mol.